The zero-order valence-electron chi connectivity index (χ0n) is 15.1. The number of nitrogens with one attached hydrogen (secondary N) is 1. The summed E-state index contributed by atoms with van der Waals surface area (Å²) in [5, 5.41) is 3.95. The van der Waals surface area contributed by atoms with Crippen molar-refractivity contribution in [3.63, 3.8) is 0 Å². The monoisotopic (exact) mass is 383 g/mol. The molecule has 1 amide bonds. The van der Waals surface area contributed by atoms with Crippen LogP contribution in [0.4, 0.5) is 11.4 Å². The molecule has 7 heteroatoms. The molecule has 1 saturated heterocycles. The molecule has 1 aliphatic heterocycles. The number of fused-ring (bicyclic) bond motifs is 1. The summed E-state index contributed by atoms with van der Waals surface area (Å²) >= 11 is 0. The van der Waals surface area contributed by atoms with Gasteiger partial charge in [-0.1, -0.05) is 12.1 Å². The van der Waals surface area contributed by atoms with Gasteiger partial charge in [0.05, 0.1) is 11.4 Å². The molecule has 6 nitrogen and oxygen atoms in total. The summed E-state index contributed by atoms with van der Waals surface area (Å²) in [4.78, 5) is 12.7. The van der Waals surface area contributed by atoms with Gasteiger partial charge in [-0.15, -0.1) is 0 Å². The van der Waals surface area contributed by atoms with E-state index in [1.54, 1.807) is 30.3 Å². The van der Waals surface area contributed by atoms with Gasteiger partial charge in [0.2, 0.25) is 10.0 Å². The van der Waals surface area contributed by atoms with E-state index in [4.69, 9.17) is 0 Å². The van der Waals surface area contributed by atoms with Gasteiger partial charge >= 0.3 is 0 Å². The number of anilines is 2. The van der Waals surface area contributed by atoms with Crippen molar-refractivity contribution in [2.24, 2.45) is 7.05 Å². The molecule has 0 unspecified atom stereocenters. The van der Waals surface area contributed by atoms with Crippen LogP contribution >= 0.6 is 0 Å². The summed E-state index contributed by atoms with van der Waals surface area (Å²) in [5.74, 6) is -0.0583. The van der Waals surface area contributed by atoms with Gasteiger partial charge in [0.1, 0.15) is 0 Å². The minimum Gasteiger partial charge on any atom is -0.351 e. The van der Waals surface area contributed by atoms with Crippen LogP contribution in [0.25, 0.3) is 10.9 Å². The zero-order valence-corrected chi connectivity index (χ0v) is 15.9. The second-order valence-electron chi connectivity index (χ2n) is 6.80. The number of sulfonamides is 1. The maximum absolute atomic E-state index is 12.7. The van der Waals surface area contributed by atoms with Crippen molar-refractivity contribution in [3.05, 3.63) is 60.3 Å². The number of carbonyl (C=O) groups excluding carboxylic acids is 1. The highest BCUT2D eigenvalue weighted by Crippen LogP contribution is 2.26. The van der Waals surface area contributed by atoms with E-state index in [0.717, 1.165) is 17.3 Å². The molecule has 0 saturated carbocycles. The molecule has 0 bridgehead atoms. The lowest BCUT2D eigenvalue weighted by Crippen LogP contribution is -2.37. The van der Waals surface area contributed by atoms with Crippen LogP contribution < -0.4 is 9.62 Å². The third-order valence-corrected chi connectivity index (χ3v) is 6.76. The molecule has 27 heavy (non-hydrogen) atoms. The third kappa shape index (κ3) is 3.42. The molecule has 3 aromatic rings. The Morgan fingerprint density at radius 1 is 1.07 bits per heavy atom. The third-order valence-electron chi connectivity index (χ3n) is 4.89. The van der Waals surface area contributed by atoms with E-state index in [9.17, 15) is 13.2 Å². The van der Waals surface area contributed by atoms with Crippen molar-refractivity contribution in [1.82, 2.24) is 4.57 Å². The summed E-state index contributed by atoms with van der Waals surface area (Å²) in [7, 11) is -1.34. The molecule has 0 radical (unpaired) electrons. The fourth-order valence-electron chi connectivity index (χ4n) is 3.42. The SMILES string of the molecule is Cn1ccc2ccc(C(=O)Nc3cccc(N4CCCCS4(=O)=O)c3)cc21. The summed E-state index contributed by atoms with van der Waals surface area (Å²) in [6, 6.07) is 14.5. The Labute approximate surface area is 158 Å². The topological polar surface area (TPSA) is 71.4 Å². The average Bonchev–Trinajstić information content (AvgIpc) is 3.02. The smallest absolute Gasteiger partial charge is 0.255 e. The molecule has 140 valence electrons. The first-order valence-corrected chi connectivity index (χ1v) is 10.5. The fraction of sp³-hybridized carbons (Fsp3) is 0.250. The van der Waals surface area contributed by atoms with Crippen LogP contribution in [0.3, 0.4) is 0 Å². The maximum atomic E-state index is 12.7. The first kappa shape index (κ1) is 17.6. The van der Waals surface area contributed by atoms with Crippen LogP contribution in [0.5, 0.6) is 0 Å². The number of carbonyl (C=O) groups is 1. The second-order valence-corrected chi connectivity index (χ2v) is 8.81. The van der Waals surface area contributed by atoms with Crippen molar-refractivity contribution in [2.45, 2.75) is 12.8 Å². The van der Waals surface area contributed by atoms with E-state index in [-0.39, 0.29) is 11.7 Å². The van der Waals surface area contributed by atoms with Gasteiger partial charge in [0.15, 0.2) is 0 Å². The molecule has 4 rings (SSSR count). The average molecular weight is 383 g/mol. The number of aryl methyl sites for hydroxylation is 1. The molecule has 0 spiro atoms. The van der Waals surface area contributed by atoms with Crippen molar-refractivity contribution in [1.29, 1.82) is 0 Å². The number of nitrogens with zero attached hydrogens (tertiary/aromatic N) is 2. The lowest BCUT2D eigenvalue weighted by Gasteiger charge is -2.28. The van der Waals surface area contributed by atoms with Crippen molar-refractivity contribution in [3.8, 4) is 0 Å². The van der Waals surface area contributed by atoms with E-state index in [0.29, 0.717) is 29.9 Å². The molecule has 2 heterocycles. The van der Waals surface area contributed by atoms with Crippen molar-refractivity contribution in [2.75, 3.05) is 21.9 Å². The first-order chi connectivity index (χ1) is 12.9. The number of hydrogen-bond donors (Lipinski definition) is 1. The molecule has 1 fully saturated rings. The van der Waals surface area contributed by atoms with Crippen molar-refractivity contribution >= 4 is 38.2 Å². The molecule has 0 atom stereocenters. The van der Waals surface area contributed by atoms with E-state index in [1.807, 2.05) is 36.0 Å². The van der Waals surface area contributed by atoms with Gasteiger partial charge in [-0.3, -0.25) is 9.10 Å². The Kier molecular flexibility index (Phi) is 4.39. The number of amides is 1. The maximum Gasteiger partial charge on any atom is 0.255 e. The normalized spacial score (nSPS) is 16.4. The number of rotatable bonds is 3. The van der Waals surface area contributed by atoms with E-state index in [1.165, 1.54) is 4.31 Å². The van der Waals surface area contributed by atoms with Gasteiger partial charge in [-0.05, 0) is 54.6 Å². The number of aromatic nitrogens is 1. The first-order valence-electron chi connectivity index (χ1n) is 8.91. The minimum absolute atomic E-state index is 0.167. The quantitative estimate of drug-likeness (QED) is 0.754. The van der Waals surface area contributed by atoms with E-state index in [2.05, 4.69) is 5.32 Å². The Balaban J connectivity index is 1.58. The molecule has 2 aromatic carbocycles. The summed E-state index contributed by atoms with van der Waals surface area (Å²) < 4.78 is 28.0. The molecular weight excluding hydrogens is 362 g/mol. The van der Waals surface area contributed by atoms with Crippen LogP contribution in [0, 0.1) is 0 Å². The largest absolute Gasteiger partial charge is 0.351 e. The predicted molar refractivity (Wildman–Crippen MR) is 108 cm³/mol. The summed E-state index contributed by atoms with van der Waals surface area (Å²) in [6.45, 7) is 0.476. The summed E-state index contributed by atoms with van der Waals surface area (Å²) in [6.07, 6.45) is 3.48. The number of benzene rings is 2. The van der Waals surface area contributed by atoms with Crippen LogP contribution in [-0.4, -0.2) is 31.2 Å². The molecule has 0 aliphatic carbocycles. The Bertz CT molecular complexity index is 1120. The highest BCUT2D eigenvalue weighted by molar-refractivity contribution is 7.92. The Hall–Kier alpha value is -2.80. The molecule has 1 aliphatic rings. The van der Waals surface area contributed by atoms with Crippen LogP contribution in [0.2, 0.25) is 0 Å². The standard InChI is InChI=1S/C20H21N3O3S/c1-22-11-9-15-7-8-16(13-19(15)22)20(24)21-17-5-4-6-18(14-17)23-10-2-3-12-27(23,25)26/h4-9,11,13-14H,2-3,10,12H2,1H3,(H,21,24). The Morgan fingerprint density at radius 3 is 2.74 bits per heavy atom. The highest BCUT2D eigenvalue weighted by atomic mass is 32.2. The van der Waals surface area contributed by atoms with E-state index < -0.39 is 10.0 Å². The highest BCUT2D eigenvalue weighted by Gasteiger charge is 2.26. The van der Waals surface area contributed by atoms with Crippen LogP contribution in [0.15, 0.2) is 54.7 Å². The van der Waals surface area contributed by atoms with Crippen LogP contribution in [0.1, 0.15) is 23.2 Å². The van der Waals surface area contributed by atoms with Crippen molar-refractivity contribution < 1.29 is 13.2 Å². The molecular formula is C20H21N3O3S. The van der Waals surface area contributed by atoms with Crippen LogP contribution in [-0.2, 0) is 17.1 Å². The number of hydrogen-bond acceptors (Lipinski definition) is 3. The molecule has 1 aromatic heterocycles. The van der Waals surface area contributed by atoms with Gasteiger partial charge in [-0.2, -0.15) is 0 Å². The van der Waals surface area contributed by atoms with Gasteiger partial charge in [0, 0.05) is 36.6 Å². The van der Waals surface area contributed by atoms with Gasteiger partial charge < -0.3 is 9.88 Å². The lowest BCUT2D eigenvalue weighted by molar-refractivity contribution is 0.102. The van der Waals surface area contributed by atoms with E-state index >= 15 is 0 Å². The minimum atomic E-state index is -3.28. The predicted octanol–water partition coefficient (Wildman–Crippen LogP) is 3.36. The van der Waals surface area contributed by atoms with Gasteiger partial charge in [0.25, 0.3) is 5.91 Å². The second kappa shape index (κ2) is 6.74. The fourth-order valence-corrected chi connectivity index (χ4v) is 5.06. The zero-order chi connectivity index (χ0) is 19.0. The molecule has 1 N–H and O–H groups in total. The Morgan fingerprint density at radius 2 is 1.93 bits per heavy atom. The lowest BCUT2D eigenvalue weighted by atomic mass is 10.1. The summed E-state index contributed by atoms with van der Waals surface area (Å²) in [5.41, 5.74) is 2.70. The van der Waals surface area contributed by atoms with Gasteiger partial charge in [-0.25, -0.2) is 8.42 Å².